The highest BCUT2D eigenvalue weighted by molar-refractivity contribution is 7.17. The lowest BCUT2D eigenvalue weighted by Gasteiger charge is -1.97. The molecule has 0 saturated carbocycles. The summed E-state index contributed by atoms with van der Waals surface area (Å²) in [7, 11) is 0. The largest absolute Gasteiger partial charge is 0.322 e. The van der Waals surface area contributed by atoms with E-state index in [1.165, 1.54) is 4.88 Å². The summed E-state index contributed by atoms with van der Waals surface area (Å²) in [4.78, 5) is 9.58. The number of hydrogen-bond donors (Lipinski definition) is 1. The van der Waals surface area contributed by atoms with Crippen LogP contribution in [0.2, 0.25) is 0 Å². The maximum atomic E-state index is 4.22. The maximum Gasteiger partial charge on any atom is 0.187 e. The molecule has 0 aromatic carbocycles. The van der Waals surface area contributed by atoms with E-state index in [1.807, 2.05) is 25.6 Å². The van der Waals surface area contributed by atoms with Gasteiger partial charge in [0, 0.05) is 11.1 Å². The van der Waals surface area contributed by atoms with Crippen LogP contribution in [-0.2, 0) is 0 Å². The highest BCUT2D eigenvalue weighted by Gasteiger charge is 2.03. The van der Waals surface area contributed by atoms with Gasteiger partial charge in [-0.3, -0.25) is 0 Å². The van der Waals surface area contributed by atoms with Gasteiger partial charge in [-0.2, -0.15) is 0 Å². The highest BCUT2D eigenvalue weighted by atomic mass is 32.1. The average molecular weight is 211 g/mol. The minimum Gasteiger partial charge on any atom is -0.322 e. The Morgan fingerprint density at radius 3 is 2.69 bits per heavy atom. The van der Waals surface area contributed by atoms with Crippen LogP contribution in [0.25, 0.3) is 0 Å². The van der Waals surface area contributed by atoms with Crippen LogP contribution >= 0.6 is 22.7 Å². The Bertz CT molecular complexity index is 405. The first-order valence-electron chi connectivity index (χ1n) is 3.85. The van der Waals surface area contributed by atoms with Crippen molar-refractivity contribution in [1.82, 2.24) is 9.97 Å². The molecule has 0 spiro atoms. The van der Waals surface area contributed by atoms with E-state index in [1.54, 1.807) is 22.7 Å². The van der Waals surface area contributed by atoms with Gasteiger partial charge >= 0.3 is 0 Å². The molecule has 0 saturated heterocycles. The Labute approximate surface area is 84.5 Å². The van der Waals surface area contributed by atoms with Crippen molar-refractivity contribution < 1.29 is 0 Å². The lowest BCUT2D eigenvalue weighted by molar-refractivity contribution is 1.26. The van der Waals surface area contributed by atoms with Crippen molar-refractivity contribution in [2.45, 2.75) is 13.8 Å². The summed E-state index contributed by atoms with van der Waals surface area (Å²) >= 11 is 3.25. The minimum atomic E-state index is 0.935. The van der Waals surface area contributed by atoms with Crippen LogP contribution in [0.1, 0.15) is 10.6 Å². The molecule has 13 heavy (non-hydrogen) atoms. The smallest absolute Gasteiger partial charge is 0.187 e. The second kappa shape index (κ2) is 3.43. The number of aryl methyl sites for hydroxylation is 2. The second-order valence-corrected chi connectivity index (χ2v) is 4.76. The summed E-state index contributed by atoms with van der Waals surface area (Å²) in [6, 6.07) is 0. The van der Waals surface area contributed by atoms with E-state index in [0.717, 1.165) is 15.8 Å². The van der Waals surface area contributed by atoms with Gasteiger partial charge in [0.2, 0.25) is 0 Å². The number of aromatic nitrogens is 2. The van der Waals surface area contributed by atoms with Crippen LogP contribution in [0, 0.1) is 13.8 Å². The molecule has 2 rings (SSSR count). The highest BCUT2D eigenvalue weighted by Crippen LogP contribution is 2.26. The van der Waals surface area contributed by atoms with Gasteiger partial charge < -0.3 is 5.32 Å². The molecule has 68 valence electrons. The van der Waals surface area contributed by atoms with Gasteiger partial charge in [-0.25, -0.2) is 9.97 Å². The van der Waals surface area contributed by atoms with Crippen LogP contribution in [0.4, 0.5) is 10.1 Å². The molecule has 0 bridgehead atoms. The molecule has 0 fully saturated rings. The van der Waals surface area contributed by atoms with Gasteiger partial charge in [0.15, 0.2) is 5.13 Å². The van der Waals surface area contributed by atoms with Crippen molar-refractivity contribution in [1.29, 1.82) is 0 Å². The van der Waals surface area contributed by atoms with Gasteiger partial charge in [0.05, 0.1) is 11.2 Å². The molecule has 0 unspecified atom stereocenters. The Morgan fingerprint density at radius 1 is 1.31 bits per heavy atom. The SMILES string of the molecule is Cc1cnc(Nc2scnc2C)s1. The van der Waals surface area contributed by atoms with Gasteiger partial charge in [-0.1, -0.05) is 0 Å². The van der Waals surface area contributed by atoms with E-state index < -0.39 is 0 Å². The predicted molar refractivity (Wildman–Crippen MR) is 57.0 cm³/mol. The summed E-state index contributed by atoms with van der Waals surface area (Å²) in [5, 5.41) is 5.25. The Balaban J connectivity index is 2.19. The molecular weight excluding hydrogens is 202 g/mol. The number of nitrogens with zero attached hydrogens (tertiary/aromatic N) is 2. The van der Waals surface area contributed by atoms with E-state index in [2.05, 4.69) is 15.3 Å². The van der Waals surface area contributed by atoms with Crippen LogP contribution in [0.5, 0.6) is 0 Å². The molecule has 5 heteroatoms. The molecule has 0 aliphatic heterocycles. The van der Waals surface area contributed by atoms with Gasteiger partial charge in [0.25, 0.3) is 0 Å². The standard InChI is InChI=1S/C8H9N3S2/c1-5-3-9-8(13-5)11-7-6(2)10-4-12-7/h3-4H,1-2H3,(H,9,11). The summed E-state index contributed by atoms with van der Waals surface area (Å²) < 4.78 is 0. The first-order chi connectivity index (χ1) is 6.25. The van der Waals surface area contributed by atoms with Crippen LogP contribution < -0.4 is 5.32 Å². The van der Waals surface area contributed by atoms with E-state index in [-0.39, 0.29) is 0 Å². The maximum absolute atomic E-state index is 4.22. The monoisotopic (exact) mass is 211 g/mol. The molecule has 0 aliphatic carbocycles. The molecular formula is C8H9N3S2. The lowest BCUT2D eigenvalue weighted by atomic mass is 10.5. The van der Waals surface area contributed by atoms with Gasteiger partial charge in [-0.15, -0.1) is 22.7 Å². The normalized spacial score (nSPS) is 10.3. The third-order valence-electron chi connectivity index (χ3n) is 1.59. The van der Waals surface area contributed by atoms with Crippen LogP contribution in [0.15, 0.2) is 11.7 Å². The summed E-state index contributed by atoms with van der Waals surface area (Å²) in [5.74, 6) is 0. The topological polar surface area (TPSA) is 37.8 Å². The Kier molecular flexibility index (Phi) is 2.28. The number of thiazole rings is 2. The third kappa shape index (κ3) is 1.87. The molecule has 1 N–H and O–H groups in total. The van der Waals surface area contributed by atoms with Crippen LogP contribution in [-0.4, -0.2) is 9.97 Å². The quantitative estimate of drug-likeness (QED) is 0.830. The van der Waals surface area contributed by atoms with Crippen LogP contribution in [0.3, 0.4) is 0 Å². The zero-order valence-corrected chi connectivity index (χ0v) is 9.00. The average Bonchev–Trinajstić information content (AvgIpc) is 2.64. The number of rotatable bonds is 2. The molecule has 0 amide bonds. The first kappa shape index (κ1) is 8.65. The minimum absolute atomic E-state index is 0.935. The first-order valence-corrected chi connectivity index (χ1v) is 5.55. The summed E-state index contributed by atoms with van der Waals surface area (Å²) in [6.45, 7) is 4.03. The molecule has 2 aromatic rings. The summed E-state index contributed by atoms with van der Waals surface area (Å²) in [5.41, 5.74) is 2.86. The summed E-state index contributed by atoms with van der Waals surface area (Å²) in [6.07, 6.45) is 1.86. The lowest BCUT2D eigenvalue weighted by Crippen LogP contribution is -1.87. The molecule has 3 nitrogen and oxygen atoms in total. The fourth-order valence-corrected chi connectivity index (χ4v) is 2.36. The van der Waals surface area contributed by atoms with Crippen molar-refractivity contribution in [3.63, 3.8) is 0 Å². The zero-order valence-electron chi connectivity index (χ0n) is 7.37. The van der Waals surface area contributed by atoms with Crippen molar-refractivity contribution >= 4 is 32.8 Å². The van der Waals surface area contributed by atoms with E-state index in [4.69, 9.17) is 0 Å². The molecule has 2 aromatic heterocycles. The predicted octanol–water partition coefficient (Wildman–Crippen LogP) is 2.96. The molecule has 0 radical (unpaired) electrons. The Morgan fingerprint density at radius 2 is 2.15 bits per heavy atom. The van der Waals surface area contributed by atoms with E-state index >= 15 is 0 Å². The van der Waals surface area contributed by atoms with Crippen molar-refractivity contribution in [2.24, 2.45) is 0 Å². The number of hydrogen-bond acceptors (Lipinski definition) is 5. The fourth-order valence-electron chi connectivity index (χ4n) is 0.932. The van der Waals surface area contributed by atoms with Crippen molar-refractivity contribution in [3.8, 4) is 0 Å². The zero-order chi connectivity index (χ0) is 9.26. The van der Waals surface area contributed by atoms with Crippen molar-refractivity contribution in [2.75, 3.05) is 5.32 Å². The van der Waals surface area contributed by atoms with Gasteiger partial charge in [0.1, 0.15) is 5.00 Å². The molecule has 0 atom stereocenters. The number of nitrogens with one attached hydrogen (secondary N) is 1. The van der Waals surface area contributed by atoms with E-state index in [0.29, 0.717) is 0 Å². The molecule has 0 aliphatic rings. The fraction of sp³-hybridized carbons (Fsp3) is 0.250. The van der Waals surface area contributed by atoms with Gasteiger partial charge in [-0.05, 0) is 13.8 Å². The molecule has 2 heterocycles. The third-order valence-corrected chi connectivity index (χ3v) is 3.26. The Hall–Kier alpha value is -0.940. The second-order valence-electron chi connectivity index (χ2n) is 2.67. The number of anilines is 2. The van der Waals surface area contributed by atoms with E-state index in [9.17, 15) is 0 Å². The van der Waals surface area contributed by atoms with Crippen molar-refractivity contribution in [3.05, 3.63) is 22.3 Å².